The molecule has 0 radical (unpaired) electrons. The molecule has 1 saturated heterocycles. The van der Waals surface area contributed by atoms with Crippen LogP contribution < -0.4 is 0 Å². The molecule has 45 heavy (non-hydrogen) atoms. The van der Waals surface area contributed by atoms with E-state index in [1.54, 1.807) is 32.9 Å². The molecular formula is C35H52O10. The van der Waals surface area contributed by atoms with E-state index in [9.17, 15) is 34.8 Å². The summed E-state index contributed by atoms with van der Waals surface area (Å²) in [6.45, 7) is 12.2. The number of epoxide rings is 1. The maximum atomic E-state index is 13.6. The van der Waals surface area contributed by atoms with E-state index in [1.807, 2.05) is 26.8 Å². The highest BCUT2D eigenvalue weighted by Crippen LogP contribution is 2.80. The van der Waals surface area contributed by atoms with Gasteiger partial charge >= 0.3 is 11.9 Å². The summed E-state index contributed by atoms with van der Waals surface area (Å²) in [5, 5.41) is 47.2. The van der Waals surface area contributed by atoms with Gasteiger partial charge in [0, 0.05) is 41.1 Å². The van der Waals surface area contributed by atoms with Crippen LogP contribution in [0.2, 0.25) is 0 Å². The Balaban J connectivity index is 1.59. The standard InChI is InChI=1S/C35H52O10/c1-8-10-11-12-13-14-15-16-23(37)43-27-21(5)33(41)22-17-20(4)26(38)34(22,42)30(40)32(18-36)28(44-32)24(33)25-31(6,7)35(25,27)45-29(39)19(3)9-2/h13-16,19-22,24-25,27-28,30,36,40-42H,8-12,17-18H2,1-7H3/b14-13+,16-15+. The van der Waals surface area contributed by atoms with Gasteiger partial charge in [0.1, 0.15) is 17.8 Å². The molecule has 0 aromatic carbocycles. The Morgan fingerprint density at radius 3 is 2.44 bits per heavy atom. The van der Waals surface area contributed by atoms with Crippen LogP contribution in [0.1, 0.15) is 87.0 Å². The lowest BCUT2D eigenvalue weighted by Gasteiger charge is -2.54. The Morgan fingerprint density at radius 1 is 1.13 bits per heavy atom. The fourth-order valence-corrected chi connectivity index (χ4v) is 9.53. The SMILES string of the molecule is CCCCC/C=C/C=C/C(=O)OC1C(C)C2(O)C(C3OC3(CO)C(O)C3(O)C(=O)C(C)CC32)C2C(C)(C)C12OC(=O)C(C)CC. The number of hydrogen-bond donors (Lipinski definition) is 4. The number of aliphatic hydroxyl groups excluding tert-OH is 2. The lowest BCUT2D eigenvalue weighted by molar-refractivity contribution is -0.250. The summed E-state index contributed by atoms with van der Waals surface area (Å²) in [4.78, 5) is 40.4. The lowest BCUT2D eigenvalue weighted by Crippen LogP contribution is -2.68. The highest BCUT2D eigenvalue weighted by atomic mass is 16.6. The van der Waals surface area contributed by atoms with E-state index >= 15 is 0 Å². The molecule has 10 nitrogen and oxygen atoms in total. The van der Waals surface area contributed by atoms with Crippen molar-refractivity contribution in [2.24, 2.45) is 40.9 Å². The number of unbranched alkanes of at least 4 members (excludes halogenated alkanes) is 3. The third-order valence-electron chi connectivity index (χ3n) is 12.4. The molecule has 13 unspecified atom stereocenters. The molecule has 13 atom stereocenters. The first kappa shape index (κ1) is 34.2. The number of carbonyl (C=O) groups excluding carboxylic acids is 3. The second-order valence-corrected chi connectivity index (χ2v) is 15.0. The molecule has 0 aromatic heterocycles. The van der Waals surface area contributed by atoms with Crippen LogP contribution in [0.3, 0.4) is 0 Å². The molecule has 10 heteroatoms. The van der Waals surface area contributed by atoms with Gasteiger partial charge in [-0.1, -0.05) is 79.5 Å². The van der Waals surface area contributed by atoms with Crippen LogP contribution in [-0.4, -0.2) is 85.5 Å². The van der Waals surface area contributed by atoms with E-state index in [2.05, 4.69) is 6.92 Å². The minimum absolute atomic E-state index is 0.0775. The van der Waals surface area contributed by atoms with Gasteiger partial charge in [-0.05, 0) is 25.7 Å². The molecule has 4 N–H and O–H groups in total. The highest BCUT2D eigenvalue weighted by molar-refractivity contribution is 5.93. The average molecular weight is 633 g/mol. The molecule has 5 fully saturated rings. The maximum absolute atomic E-state index is 13.6. The molecule has 0 amide bonds. The first-order valence-corrected chi connectivity index (χ1v) is 16.8. The summed E-state index contributed by atoms with van der Waals surface area (Å²) in [6.07, 6.45) is 7.55. The van der Waals surface area contributed by atoms with Gasteiger partial charge in [-0.15, -0.1) is 0 Å². The molecule has 0 bridgehead atoms. The minimum atomic E-state index is -2.40. The normalized spacial score (nSPS) is 46.5. The Kier molecular flexibility index (Phi) is 8.78. The van der Waals surface area contributed by atoms with Crippen molar-refractivity contribution < 1.29 is 49.0 Å². The molecule has 5 rings (SSSR count). The van der Waals surface area contributed by atoms with Gasteiger partial charge < -0.3 is 34.6 Å². The molecule has 4 saturated carbocycles. The number of rotatable bonds is 11. The van der Waals surface area contributed by atoms with Crippen LogP contribution in [-0.2, 0) is 28.6 Å². The summed E-state index contributed by atoms with van der Waals surface area (Å²) in [6, 6.07) is 0. The van der Waals surface area contributed by atoms with Gasteiger partial charge in [0.2, 0.25) is 0 Å². The Morgan fingerprint density at radius 2 is 1.82 bits per heavy atom. The number of aliphatic hydroxyl groups is 4. The molecule has 252 valence electrons. The van der Waals surface area contributed by atoms with Crippen molar-refractivity contribution >= 4 is 17.7 Å². The van der Waals surface area contributed by atoms with Crippen LogP contribution in [0.4, 0.5) is 0 Å². The maximum Gasteiger partial charge on any atom is 0.331 e. The third-order valence-corrected chi connectivity index (χ3v) is 12.4. The summed E-state index contributed by atoms with van der Waals surface area (Å²) < 4.78 is 18.6. The Hall–Kier alpha value is -2.11. The van der Waals surface area contributed by atoms with Crippen LogP contribution >= 0.6 is 0 Å². The lowest BCUT2D eigenvalue weighted by atomic mass is 9.58. The van der Waals surface area contributed by atoms with Gasteiger partial charge in [-0.2, -0.15) is 0 Å². The molecule has 1 heterocycles. The number of ketones is 1. The zero-order valence-corrected chi connectivity index (χ0v) is 27.7. The van der Waals surface area contributed by atoms with Crippen molar-refractivity contribution in [1.82, 2.24) is 0 Å². The van der Waals surface area contributed by atoms with Crippen LogP contribution in [0, 0.1) is 40.9 Å². The van der Waals surface area contributed by atoms with Gasteiger partial charge in [0.15, 0.2) is 17.0 Å². The average Bonchev–Trinajstić information content (AvgIpc) is 3.83. The molecule has 0 aromatic rings. The monoisotopic (exact) mass is 632 g/mol. The minimum Gasteiger partial charge on any atom is -0.455 e. The first-order valence-electron chi connectivity index (χ1n) is 16.8. The van der Waals surface area contributed by atoms with Crippen molar-refractivity contribution in [2.75, 3.05) is 6.61 Å². The third kappa shape index (κ3) is 4.56. The van der Waals surface area contributed by atoms with Crippen molar-refractivity contribution in [2.45, 2.75) is 128 Å². The van der Waals surface area contributed by atoms with E-state index in [4.69, 9.17) is 14.2 Å². The molecule has 4 aliphatic carbocycles. The second kappa shape index (κ2) is 11.5. The number of ether oxygens (including phenoxy) is 3. The zero-order chi connectivity index (χ0) is 33.3. The predicted octanol–water partition coefficient (Wildman–Crippen LogP) is 3.03. The highest BCUT2D eigenvalue weighted by Gasteiger charge is 2.93. The summed E-state index contributed by atoms with van der Waals surface area (Å²) >= 11 is 0. The Bertz CT molecular complexity index is 1260. The topological polar surface area (TPSA) is 163 Å². The van der Waals surface area contributed by atoms with E-state index in [-0.39, 0.29) is 6.42 Å². The summed E-state index contributed by atoms with van der Waals surface area (Å²) in [7, 11) is 0. The van der Waals surface area contributed by atoms with Crippen LogP contribution in [0.15, 0.2) is 24.3 Å². The summed E-state index contributed by atoms with van der Waals surface area (Å²) in [5.74, 6) is -6.51. The molecule has 1 aliphatic heterocycles. The molecular weight excluding hydrogens is 580 g/mol. The second-order valence-electron chi connectivity index (χ2n) is 15.0. The fraction of sp³-hybridized carbons (Fsp3) is 0.800. The number of hydrogen-bond acceptors (Lipinski definition) is 10. The van der Waals surface area contributed by atoms with Gasteiger partial charge in [0.25, 0.3) is 0 Å². The van der Waals surface area contributed by atoms with Crippen molar-refractivity contribution in [3.63, 3.8) is 0 Å². The fourth-order valence-electron chi connectivity index (χ4n) is 9.53. The van der Waals surface area contributed by atoms with E-state index < -0.39 is 106 Å². The van der Waals surface area contributed by atoms with E-state index in [1.165, 1.54) is 6.08 Å². The van der Waals surface area contributed by atoms with Crippen LogP contribution in [0.25, 0.3) is 0 Å². The predicted molar refractivity (Wildman–Crippen MR) is 163 cm³/mol. The van der Waals surface area contributed by atoms with Crippen LogP contribution in [0.5, 0.6) is 0 Å². The van der Waals surface area contributed by atoms with Crippen molar-refractivity contribution in [3.05, 3.63) is 24.3 Å². The number of esters is 2. The smallest absolute Gasteiger partial charge is 0.331 e. The van der Waals surface area contributed by atoms with E-state index in [0.29, 0.717) is 6.42 Å². The zero-order valence-electron chi connectivity index (χ0n) is 27.7. The first-order chi connectivity index (χ1) is 21.1. The number of allylic oxidation sites excluding steroid dienone is 3. The largest absolute Gasteiger partial charge is 0.455 e. The Labute approximate surface area is 266 Å². The van der Waals surface area contributed by atoms with Gasteiger partial charge in [0.05, 0.1) is 24.2 Å². The van der Waals surface area contributed by atoms with Gasteiger partial charge in [-0.3, -0.25) is 9.59 Å². The number of fused-ring (bicyclic) bond motifs is 7. The van der Waals surface area contributed by atoms with Crippen molar-refractivity contribution in [1.29, 1.82) is 0 Å². The number of carbonyl (C=O) groups is 3. The quantitative estimate of drug-likeness (QED) is 0.0876. The van der Waals surface area contributed by atoms with E-state index in [0.717, 1.165) is 25.7 Å². The summed E-state index contributed by atoms with van der Waals surface area (Å²) in [5.41, 5.74) is -8.19. The van der Waals surface area contributed by atoms with Gasteiger partial charge in [-0.25, -0.2) is 4.79 Å². The molecule has 0 spiro atoms. The number of Topliss-reactive ketones (excluding diaryl/α,β-unsaturated/α-hetero) is 1. The van der Waals surface area contributed by atoms with Crippen molar-refractivity contribution in [3.8, 4) is 0 Å². The molecule has 5 aliphatic rings.